The Hall–Kier alpha value is -1.10. The van der Waals surface area contributed by atoms with E-state index in [0.29, 0.717) is 26.4 Å². The molecule has 0 aliphatic carbocycles. The summed E-state index contributed by atoms with van der Waals surface area (Å²) in [5.74, 6) is 0.855. The third kappa shape index (κ3) is 7.74. The van der Waals surface area contributed by atoms with Crippen LogP contribution in [0, 0.1) is 0 Å². The molecule has 0 saturated heterocycles. The maximum absolute atomic E-state index is 5.45. The quantitative estimate of drug-likeness (QED) is 0.463. The summed E-state index contributed by atoms with van der Waals surface area (Å²) >= 11 is 0. The molecule has 4 nitrogen and oxygen atoms in total. The Kier molecular flexibility index (Phi) is 8.28. The van der Waals surface area contributed by atoms with Gasteiger partial charge in [-0.15, -0.1) is 0 Å². The van der Waals surface area contributed by atoms with Crippen molar-refractivity contribution in [2.24, 2.45) is 0 Å². The lowest BCUT2D eigenvalue weighted by atomic mass is 10.3. The number of hydrogen-bond donors (Lipinski definition) is 0. The molecule has 0 saturated carbocycles. The van der Waals surface area contributed by atoms with Gasteiger partial charge >= 0.3 is 0 Å². The minimum Gasteiger partial charge on any atom is -0.491 e. The van der Waals surface area contributed by atoms with Crippen molar-refractivity contribution in [2.75, 3.05) is 39.8 Å². The standard InChI is InChI=1S/C13H20O4/c1-2-14-8-9-15-12-16-10-11-17-13-6-4-3-5-7-13/h3-7H,2,8-12H2,1H3. The zero-order valence-corrected chi connectivity index (χ0v) is 10.3. The summed E-state index contributed by atoms with van der Waals surface area (Å²) < 4.78 is 21.0. The predicted octanol–water partition coefficient (Wildman–Crippen LogP) is 2.09. The first-order valence-electron chi connectivity index (χ1n) is 5.84. The molecule has 0 fully saturated rings. The van der Waals surface area contributed by atoms with Crippen molar-refractivity contribution >= 4 is 0 Å². The third-order valence-corrected chi connectivity index (χ3v) is 1.98. The molecule has 0 aliphatic rings. The fraction of sp³-hybridized carbons (Fsp3) is 0.538. The molecule has 17 heavy (non-hydrogen) atoms. The fourth-order valence-corrected chi connectivity index (χ4v) is 1.17. The molecular weight excluding hydrogens is 220 g/mol. The van der Waals surface area contributed by atoms with Gasteiger partial charge in [0.2, 0.25) is 0 Å². The Bertz CT molecular complexity index is 263. The Morgan fingerprint density at radius 1 is 0.824 bits per heavy atom. The van der Waals surface area contributed by atoms with Crippen LogP contribution in [-0.2, 0) is 14.2 Å². The first-order chi connectivity index (χ1) is 8.43. The van der Waals surface area contributed by atoms with Gasteiger partial charge in [-0.05, 0) is 19.1 Å². The van der Waals surface area contributed by atoms with Crippen molar-refractivity contribution in [3.8, 4) is 5.75 Å². The molecular formula is C13H20O4. The number of rotatable bonds is 10. The minimum atomic E-state index is 0.283. The molecule has 96 valence electrons. The SMILES string of the molecule is CCOCCOCOCCOc1ccccc1. The van der Waals surface area contributed by atoms with E-state index in [4.69, 9.17) is 18.9 Å². The van der Waals surface area contributed by atoms with Gasteiger partial charge in [0.05, 0.1) is 19.8 Å². The van der Waals surface area contributed by atoms with Crippen LogP contribution in [-0.4, -0.2) is 39.8 Å². The molecule has 1 aromatic carbocycles. The molecule has 0 spiro atoms. The van der Waals surface area contributed by atoms with Crippen LogP contribution in [0.2, 0.25) is 0 Å². The molecule has 0 radical (unpaired) electrons. The highest BCUT2D eigenvalue weighted by atomic mass is 16.7. The molecule has 1 aromatic rings. The van der Waals surface area contributed by atoms with Crippen LogP contribution in [0.3, 0.4) is 0 Å². The van der Waals surface area contributed by atoms with Crippen molar-refractivity contribution in [3.05, 3.63) is 30.3 Å². The first kappa shape index (κ1) is 14.0. The van der Waals surface area contributed by atoms with Crippen LogP contribution in [0.5, 0.6) is 5.75 Å². The molecule has 0 heterocycles. The molecule has 0 aliphatic heterocycles. The maximum atomic E-state index is 5.45. The number of hydrogen-bond acceptors (Lipinski definition) is 4. The first-order valence-corrected chi connectivity index (χ1v) is 5.84. The van der Waals surface area contributed by atoms with Crippen LogP contribution in [0.15, 0.2) is 30.3 Å². The summed E-state index contributed by atoms with van der Waals surface area (Å²) in [5, 5.41) is 0. The third-order valence-electron chi connectivity index (χ3n) is 1.98. The molecule has 0 unspecified atom stereocenters. The lowest BCUT2D eigenvalue weighted by Gasteiger charge is -2.07. The van der Waals surface area contributed by atoms with Crippen LogP contribution in [0.25, 0.3) is 0 Å². The lowest BCUT2D eigenvalue weighted by molar-refractivity contribution is -0.0736. The molecule has 4 heteroatoms. The molecule has 0 N–H and O–H groups in total. The van der Waals surface area contributed by atoms with Gasteiger partial charge < -0.3 is 18.9 Å². The molecule has 0 bridgehead atoms. The van der Waals surface area contributed by atoms with Gasteiger partial charge in [-0.25, -0.2) is 0 Å². The van der Waals surface area contributed by atoms with Gasteiger partial charge in [0.1, 0.15) is 19.1 Å². The van der Waals surface area contributed by atoms with Crippen molar-refractivity contribution in [1.29, 1.82) is 0 Å². The average Bonchev–Trinajstić information content (AvgIpc) is 2.38. The van der Waals surface area contributed by atoms with Gasteiger partial charge in [0.15, 0.2) is 0 Å². The summed E-state index contributed by atoms with van der Waals surface area (Å²) in [6.45, 7) is 5.17. The zero-order chi connectivity index (χ0) is 12.2. The topological polar surface area (TPSA) is 36.9 Å². The number of benzene rings is 1. The van der Waals surface area contributed by atoms with Crippen molar-refractivity contribution in [3.63, 3.8) is 0 Å². The highest BCUT2D eigenvalue weighted by Gasteiger charge is 1.92. The van der Waals surface area contributed by atoms with Gasteiger partial charge in [-0.3, -0.25) is 0 Å². The molecule has 1 rings (SSSR count). The van der Waals surface area contributed by atoms with Crippen molar-refractivity contribution in [2.45, 2.75) is 6.92 Å². The zero-order valence-electron chi connectivity index (χ0n) is 10.3. The van der Waals surface area contributed by atoms with E-state index in [9.17, 15) is 0 Å². The van der Waals surface area contributed by atoms with E-state index in [-0.39, 0.29) is 6.79 Å². The van der Waals surface area contributed by atoms with E-state index < -0.39 is 0 Å². The second-order valence-corrected chi connectivity index (χ2v) is 3.29. The molecule has 0 amide bonds. The summed E-state index contributed by atoms with van der Waals surface area (Å²) in [6, 6.07) is 9.66. The van der Waals surface area contributed by atoms with E-state index in [0.717, 1.165) is 12.4 Å². The van der Waals surface area contributed by atoms with Crippen molar-refractivity contribution < 1.29 is 18.9 Å². The largest absolute Gasteiger partial charge is 0.491 e. The number of ether oxygens (including phenoxy) is 4. The summed E-state index contributed by atoms with van der Waals surface area (Å²) in [6.07, 6.45) is 0. The maximum Gasteiger partial charge on any atom is 0.146 e. The van der Waals surface area contributed by atoms with Crippen LogP contribution < -0.4 is 4.74 Å². The van der Waals surface area contributed by atoms with Gasteiger partial charge in [0.25, 0.3) is 0 Å². The highest BCUT2D eigenvalue weighted by Crippen LogP contribution is 2.07. The Labute approximate surface area is 102 Å². The van der Waals surface area contributed by atoms with Gasteiger partial charge in [-0.1, -0.05) is 18.2 Å². The van der Waals surface area contributed by atoms with E-state index >= 15 is 0 Å². The van der Waals surface area contributed by atoms with Gasteiger partial charge in [-0.2, -0.15) is 0 Å². The highest BCUT2D eigenvalue weighted by molar-refractivity contribution is 5.20. The van der Waals surface area contributed by atoms with E-state index in [1.54, 1.807) is 0 Å². The second-order valence-electron chi connectivity index (χ2n) is 3.29. The van der Waals surface area contributed by atoms with Crippen LogP contribution in [0.1, 0.15) is 6.92 Å². The Morgan fingerprint density at radius 3 is 2.18 bits per heavy atom. The predicted molar refractivity (Wildman–Crippen MR) is 65.2 cm³/mol. The summed E-state index contributed by atoms with van der Waals surface area (Å²) in [7, 11) is 0. The minimum absolute atomic E-state index is 0.283. The fourth-order valence-electron chi connectivity index (χ4n) is 1.17. The second kappa shape index (κ2) is 10.1. The average molecular weight is 240 g/mol. The van der Waals surface area contributed by atoms with Crippen LogP contribution >= 0.6 is 0 Å². The molecule has 0 aromatic heterocycles. The smallest absolute Gasteiger partial charge is 0.146 e. The normalized spacial score (nSPS) is 10.4. The summed E-state index contributed by atoms with van der Waals surface area (Å²) in [4.78, 5) is 0. The van der Waals surface area contributed by atoms with Crippen molar-refractivity contribution in [1.82, 2.24) is 0 Å². The monoisotopic (exact) mass is 240 g/mol. The van der Waals surface area contributed by atoms with Crippen LogP contribution in [0.4, 0.5) is 0 Å². The molecule has 0 atom stereocenters. The van der Waals surface area contributed by atoms with E-state index in [1.807, 2.05) is 37.3 Å². The Balaban J connectivity index is 1.85. The summed E-state index contributed by atoms with van der Waals surface area (Å²) in [5.41, 5.74) is 0. The van der Waals surface area contributed by atoms with E-state index in [1.165, 1.54) is 0 Å². The van der Waals surface area contributed by atoms with Gasteiger partial charge in [0, 0.05) is 6.61 Å². The van der Waals surface area contributed by atoms with E-state index in [2.05, 4.69) is 0 Å². The number of para-hydroxylation sites is 1. The lowest BCUT2D eigenvalue weighted by Crippen LogP contribution is -2.11. The Morgan fingerprint density at radius 2 is 1.47 bits per heavy atom.